The Labute approximate surface area is 138 Å². The van der Waals surface area contributed by atoms with E-state index in [1.807, 2.05) is 0 Å². The van der Waals surface area contributed by atoms with E-state index in [-0.39, 0.29) is 17.5 Å². The Bertz CT molecular complexity index is 487. The molecule has 6 nitrogen and oxygen atoms in total. The van der Waals surface area contributed by atoms with E-state index in [9.17, 15) is 14.7 Å². The Balaban J connectivity index is 1.61. The summed E-state index contributed by atoms with van der Waals surface area (Å²) in [6.45, 7) is 1.61. The number of carbonyl (C=O) groups excluding carboxylic acids is 1. The second kappa shape index (κ2) is 5.96. The van der Waals surface area contributed by atoms with Crippen molar-refractivity contribution in [2.24, 2.45) is 11.3 Å². The lowest BCUT2D eigenvalue weighted by molar-refractivity contribution is -0.149. The highest BCUT2D eigenvalue weighted by Gasteiger charge is 2.55. The van der Waals surface area contributed by atoms with Gasteiger partial charge in [0.1, 0.15) is 0 Å². The third-order valence-electron chi connectivity index (χ3n) is 6.64. The molecule has 2 N–H and O–H groups in total. The van der Waals surface area contributed by atoms with Gasteiger partial charge in [-0.15, -0.1) is 0 Å². The predicted molar refractivity (Wildman–Crippen MR) is 87.3 cm³/mol. The molecule has 130 valence electrons. The molecule has 2 amide bonds. The predicted octanol–water partition coefficient (Wildman–Crippen LogP) is 1.76. The molecule has 2 atom stereocenters. The van der Waals surface area contributed by atoms with Crippen LogP contribution in [0.1, 0.15) is 44.9 Å². The minimum atomic E-state index is -0.726. The fourth-order valence-electron chi connectivity index (χ4n) is 4.96. The van der Waals surface area contributed by atoms with Gasteiger partial charge in [-0.2, -0.15) is 0 Å². The van der Waals surface area contributed by atoms with Crippen LogP contribution in [0.15, 0.2) is 0 Å². The summed E-state index contributed by atoms with van der Waals surface area (Å²) in [4.78, 5) is 28.2. The lowest BCUT2D eigenvalue weighted by atomic mass is 9.81. The number of likely N-dealkylation sites (tertiary alicyclic amines) is 1. The number of aliphatic carboxylic acids is 1. The van der Waals surface area contributed by atoms with E-state index in [0.29, 0.717) is 26.1 Å². The zero-order valence-electron chi connectivity index (χ0n) is 14.3. The van der Waals surface area contributed by atoms with Crippen LogP contribution in [0.5, 0.6) is 0 Å². The summed E-state index contributed by atoms with van der Waals surface area (Å²) in [6.07, 6.45) is 7.25. The summed E-state index contributed by atoms with van der Waals surface area (Å²) in [5, 5.41) is 12.7. The quantitative estimate of drug-likeness (QED) is 0.827. The average Bonchev–Trinajstić information content (AvgIpc) is 3.18. The van der Waals surface area contributed by atoms with Gasteiger partial charge in [-0.25, -0.2) is 4.79 Å². The molecule has 2 saturated carbocycles. The highest BCUT2D eigenvalue weighted by atomic mass is 16.4. The fourth-order valence-corrected chi connectivity index (χ4v) is 4.96. The van der Waals surface area contributed by atoms with Gasteiger partial charge in [0.15, 0.2) is 0 Å². The highest BCUT2D eigenvalue weighted by Crippen LogP contribution is 2.48. The first-order chi connectivity index (χ1) is 10.9. The summed E-state index contributed by atoms with van der Waals surface area (Å²) in [7, 11) is 4.16. The normalized spacial score (nSPS) is 32.3. The molecule has 3 aliphatic rings. The highest BCUT2D eigenvalue weighted by molar-refractivity contribution is 5.80. The molecular formula is C17H29N3O3. The van der Waals surface area contributed by atoms with Gasteiger partial charge in [-0.1, -0.05) is 19.3 Å². The average molecular weight is 323 g/mol. The van der Waals surface area contributed by atoms with Crippen molar-refractivity contribution in [1.29, 1.82) is 0 Å². The first-order valence-electron chi connectivity index (χ1n) is 8.83. The summed E-state index contributed by atoms with van der Waals surface area (Å²) in [6, 6.07) is -0.0897. The standard InChI is InChI=1S/C17H29N3O3/c1-19(2)16(7-3-4-8-16)11-18-15(23)20-10-13-6-5-9-17(13,12-20)14(21)22/h13H,3-12H2,1-2H3,(H,18,23)(H,21,22)/t13-,17+/m0/s1. The third-order valence-corrected chi connectivity index (χ3v) is 6.64. The summed E-state index contributed by atoms with van der Waals surface area (Å²) in [5.41, 5.74) is -0.625. The van der Waals surface area contributed by atoms with Gasteiger partial charge in [-0.3, -0.25) is 4.79 Å². The van der Waals surface area contributed by atoms with E-state index in [4.69, 9.17) is 0 Å². The van der Waals surface area contributed by atoms with Crippen molar-refractivity contribution in [3.63, 3.8) is 0 Å². The SMILES string of the molecule is CN(C)C1(CNC(=O)N2C[C@@H]3CCC[C@@]3(C(=O)O)C2)CCCC1. The fraction of sp³-hybridized carbons (Fsp3) is 0.882. The number of hydrogen-bond donors (Lipinski definition) is 2. The van der Waals surface area contributed by atoms with Crippen LogP contribution in [0.2, 0.25) is 0 Å². The molecule has 0 aromatic rings. The first-order valence-corrected chi connectivity index (χ1v) is 8.83. The lowest BCUT2D eigenvalue weighted by Gasteiger charge is -2.37. The maximum absolute atomic E-state index is 12.6. The molecule has 3 fully saturated rings. The van der Waals surface area contributed by atoms with Crippen molar-refractivity contribution in [3.05, 3.63) is 0 Å². The minimum Gasteiger partial charge on any atom is -0.481 e. The molecule has 23 heavy (non-hydrogen) atoms. The molecular weight excluding hydrogens is 294 g/mol. The Morgan fingerprint density at radius 1 is 1.22 bits per heavy atom. The lowest BCUT2D eigenvalue weighted by Crippen LogP contribution is -2.53. The maximum atomic E-state index is 12.6. The van der Waals surface area contributed by atoms with Crippen molar-refractivity contribution in [2.45, 2.75) is 50.5 Å². The number of nitrogens with zero attached hydrogens (tertiary/aromatic N) is 2. The number of carboxylic acid groups (broad SMARTS) is 1. The number of likely N-dealkylation sites (N-methyl/N-ethyl adjacent to an activating group) is 1. The molecule has 1 aliphatic heterocycles. The first kappa shape index (κ1) is 16.6. The molecule has 0 spiro atoms. The van der Waals surface area contributed by atoms with Gasteiger partial charge in [-0.05, 0) is 45.7 Å². The number of rotatable bonds is 4. The molecule has 0 radical (unpaired) electrons. The topological polar surface area (TPSA) is 72.9 Å². The molecule has 1 saturated heterocycles. The maximum Gasteiger partial charge on any atom is 0.317 e. The van der Waals surface area contributed by atoms with Crippen molar-refractivity contribution in [1.82, 2.24) is 15.1 Å². The van der Waals surface area contributed by atoms with Crippen LogP contribution < -0.4 is 5.32 Å². The van der Waals surface area contributed by atoms with Crippen LogP contribution >= 0.6 is 0 Å². The Morgan fingerprint density at radius 3 is 2.48 bits per heavy atom. The van der Waals surface area contributed by atoms with Crippen molar-refractivity contribution < 1.29 is 14.7 Å². The van der Waals surface area contributed by atoms with Crippen LogP contribution in [0.4, 0.5) is 4.79 Å². The molecule has 0 bridgehead atoms. The van der Waals surface area contributed by atoms with Crippen molar-refractivity contribution in [2.75, 3.05) is 33.7 Å². The molecule has 0 unspecified atom stereocenters. The molecule has 2 aliphatic carbocycles. The zero-order valence-corrected chi connectivity index (χ0v) is 14.3. The number of fused-ring (bicyclic) bond motifs is 1. The van der Waals surface area contributed by atoms with E-state index in [1.54, 1.807) is 4.90 Å². The van der Waals surface area contributed by atoms with Gasteiger partial charge in [0.25, 0.3) is 0 Å². The van der Waals surface area contributed by atoms with Crippen LogP contribution in [-0.4, -0.2) is 66.2 Å². The number of amides is 2. The van der Waals surface area contributed by atoms with E-state index < -0.39 is 11.4 Å². The molecule has 1 heterocycles. The minimum absolute atomic E-state index is 0.0652. The van der Waals surface area contributed by atoms with Crippen LogP contribution in [0.3, 0.4) is 0 Å². The van der Waals surface area contributed by atoms with E-state index in [1.165, 1.54) is 12.8 Å². The van der Waals surface area contributed by atoms with E-state index in [2.05, 4.69) is 24.3 Å². The zero-order chi connectivity index (χ0) is 16.7. The monoisotopic (exact) mass is 323 g/mol. The van der Waals surface area contributed by atoms with Gasteiger partial charge < -0.3 is 20.2 Å². The Morgan fingerprint density at radius 2 is 1.91 bits per heavy atom. The molecule has 6 heteroatoms. The second-order valence-corrected chi connectivity index (χ2v) is 7.92. The Kier molecular flexibility index (Phi) is 4.29. The smallest absolute Gasteiger partial charge is 0.317 e. The van der Waals surface area contributed by atoms with Gasteiger partial charge in [0.2, 0.25) is 0 Å². The van der Waals surface area contributed by atoms with Crippen LogP contribution in [-0.2, 0) is 4.79 Å². The summed E-state index contributed by atoms with van der Waals surface area (Å²) in [5.74, 6) is -0.601. The number of nitrogens with one attached hydrogen (secondary N) is 1. The van der Waals surface area contributed by atoms with Crippen LogP contribution in [0.25, 0.3) is 0 Å². The molecule has 0 aromatic heterocycles. The number of urea groups is 1. The summed E-state index contributed by atoms with van der Waals surface area (Å²) < 4.78 is 0. The second-order valence-electron chi connectivity index (χ2n) is 7.92. The molecule has 3 rings (SSSR count). The molecule has 0 aromatic carbocycles. The number of carboxylic acids is 1. The third kappa shape index (κ3) is 2.71. The number of hydrogen-bond acceptors (Lipinski definition) is 3. The Hall–Kier alpha value is -1.30. The van der Waals surface area contributed by atoms with Gasteiger partial charge in [0.05, 0.1) is 5.41 Å². The number of carbonyl (C=O) groups is 2. The van der Waals surface area contributed by atoms with Gasteiger partial charge in [0, 0.05) is 25.2 Å². The van der Waals surface area contributed by atoms with Crippen LogP contribution in [0, 0.1) is 11.3 Å². The van der Waals surface area contributed by atoms with Crippen molar-refractivity contribution in [3.8, 4) is 0 Å². The van der Waals surface area contributed by atoms with Crippen molar-refractivity contribution >= 4 is 12.0 Å². The summed E-state index contributed by atoms with van der Waals surface area (Å²) >= 11 is 0. The van der Waals surface area contributed by atoms with Gasteiger partial charge >= 0.3 is 12.0 Å². The largest absolute Gasteiger partial charge is 0.481 e. The van der Waals surface area contributed by atoms with E-state index in [0.717, 1.165) is 25.7 Å². The van der Waals surface area contributed by atoms with E-state index >= 15 is 0 Å².